The van der Waals surface area contributed by atoms with Gasteiger partial charge in [0.15, 0.2) is 0 Å². The molecule has 0 aromatic carbocycles. The van der Waals surface area contributed by atoms with E-state index in [1.54, 1.807) is 0 Å². The fourth-order valence-electron chi connectivity index (χ4n) is 1.95. The highest BCUT2D eigenvalue weighted by molar-refractivity contribution is 7.60. The molecule has 1 nitrogen and oxygen atoms in total. The lowest BCUT2D eigenvalue weighted by molar-refractivity contribution is 0.705. The molecule has 0 unspecified atom stereocenters. The van der Waals surface area contributed by atoms with E-state index in [0.717, 1.165) is 0 Å². The van der Waals surface area contributed by atoms with E-state index in [1.807, 2.05) is 0 Å². The van der Waals surface area contributed by atoms with Crippen molar-refractivity contribution in [3.05, 3.63) is 0 Å². The Kier molecular flexibility index (Phi) is 5.68. The molecule has 3 N–H and O–H groups in total. The van der Waals surface area contributed by atoms with E-state index in [2.05, 4.69) is 48.5 Å². The molecule has 0 aliphatic heterocycles. The summed E-state index contributed by atoms with van der Waals surface area (Å²) in [6.45, 7) is 16.5. The summed E-state index contributed by atoms with van der Waals surface area (Å²) >= 11 is 0. The van der Waals surface area contributed by atoms with Crippen LogP contribution in [0.2, 0.25) is 0 Å². The van der Waals surface area contributed by atoms with Crippen molar-refractivity contribution >= 4 is 7.92 Å². The molecule has 0 amide bonds. The maximum atomic E-state index is 2.37. The molecular formula is C10H26NP. The van der Waals surface area contributed by atoms with Crippen LogP contribution in [-0.4, -0.2) is 16.5 Å². The van der Waals surface area contributed by atoms with E-state index in [1.165, 1.54) is 6.16 Å². The second kappa shape index (κ2) is 4.58. The third-order valence-electron chi connectivity index (χ3n) is 1.94. The standard InChI is InChI=1S/C10H23P.H3N/c1-8-11(9(2,3)4)10(5,6)7;/h8H2,1-7H3;1H3. The minimum absolute atomic E-state index is 0. The monoisotopic (exact) mass is 191 g/mol. The lowest BCUT2D eigenvalue weighted by Gasteiger charge is -2.41. The molecule has 0 fully saturated rings. The number of rotatable bonds is 1. The Hall–Kier alpha value is 0.390. The zero-order valence-corrected chi connectivity index (χ0v) is 10.8. The van der Waals surface area contributed by atoms with Crippen molar-refractivity contribution in [2.45, 2.75) is 58.8 Å². The van der Waals surface area contributed by atoms with Crippen molar-refractivity contribution in [2.24, 2.45) is 0 Å². The molecule has 0 heterocycles. The Labute approximate surface area is 79.7 Å². The molecule has 0 spiro atoms. The van der Waals surface area contributed by atoms with E-state index in [-0.39, 0.29) is 14.1 Å². The summed E-state index contributed by atoms with van der Waals surface area (Å²) in [5.74, 6) is 0. The van der Waals surface area contributed by atoms with E-state index in [9.17, 15) is 0 Å². The average molecular weight is 191 g/mol. The molecule has 0 aromatic rings. The predicted molar refractivity (Wildman–Crippen MR) is 62.0 cm³/mol. The summed E-state index contributed by atoms with van der Waals surface area (Å²) in [5.41, 5.74) is 0. The van der Waals surface area contributed by atoms with Crippen molar-refractivity contribution in [3.8, 4) is 0 Å². The minimum Gasteiger partial charge on any atom is -0.344 e. The lowest BCUT2D eigenvalue weighted by Crippen LogP contribution is -2.25. The van der Waals surface area contributed by atoms with Crippen molar-refractivity contribution < 1.29 is 0 Å². The number of hydrogen-bond donors (Lipinski definition) is 1. The smallest absolute Gasteiger partial charge is 0.0175 e. The fraction of sp³-hybridized carbons (Fsp3) is 1.00. The summed E-state index contributed by atoms with van der Waals surface area (Å²) in [7, 11) is 0.159. The fourth-order valence-corrected chi connectivity index (χ4v) is 5.86. The van der Waals surface area contributed by atoms with Gasteiger partial charge in [0.05, 0.1) is 0 Å². The molecule has 12 heavy (non-hydrogen) atoms. The summed E-state index contributed by atoms with van der Waals surface area (Å²) in [6.07, 6.45) is 1.35. The van der Waals surface area contributed by atoms with Crippen molar-refractivity contribution in [1.82, 2.24) is 6.15 Å². The van der Waals surface area contributed by atoms with Gasteiger partial charge in [-0.1, -0.05) is 56.4 Å². The van der Waals surface area contributed by atoms with Gasteiger partial charge in [-0.25, -0.2) is 0 Å². The quantitative estimate of drug-likeness (QED) is 0.618. The topological polar surface area (TPSA) is 35.0 Å². The summed E-state index contributed by atoms with van der Waals surface area (Å²) in [6, 6.07) is 0. The Bertz CT molecular complexity index is 105. The highest BCUT2D eigenvalue weighted by atomic mass is 31.1. The first-order valence-corrected chi connectivity index (χ1v) is 6.00. The molecular weight excluding hydrogens is 165 g/mol. The van der Waals surface area contributed by atoms with Gasteiger partial charge in [0.2, 0.25) is 0 Å². The molecule has 0 aromatic heterocycles. The van der Waals surface area contributed by atoms with Gasteiger partial charge >= 0.3 is 0 Å². The minimum atomic E-state index is 0. The van der Waals surface area contributed by atoms with Gasteiger partial charge in [0.1, 0.15) is 0 Å². The zero-order valence-electron chi connectivity index (χ0n) is 9.86. The van der Waals surface area contributed by atoms with Crippen LogP contribution in [0.25, 0.3) is 0 Å². The molecule has 0 bridgehead atoms. The Morgan fingerprint density at radius 2 is 1.08 bits per heavy atom. The van der Waals surface area contributed by atoms with Gasteiger partial charge in [-0.15, -0.1) is 0 Å². The van der Waals surface area contributed by atoms with E-state index >= 15 is 0 Å². The predicted octanol–water partition coefficient (Wildman–Crippen LogP) is 4.25. The molecule has 0 saturated heterocycles. The van der Waals surface area contributed by atoms with Gasteiger partial charge in [0.25, 0.3) is 0 Å². The van der Waals surface area contributed by atoms with Gasteiger partial charge < -0.3 is 6.15 Å². The van der Waals surface area contributed by atoms with Crippen LogP contribution in [0.5, 0.6) is 0 Å². The molecule has 0 aliphatic carbocycles. The zero-order chi connectivity index (χ0) is 9.28. The Morgan fingerprint density at radius 3 is 1.08 bits per heavy atom. The maximum absolute atomic E-state index is 2.37. The van der Waals surface area contributed by atoms with Gasteiger partial charge in [-0.05, 0) is 16.5 Å². The van der Waals surface area contributed by atoms with Crippen LogP contribution in [0.15, 0.2) is 0 Å². The Morgan fingerprint density at radius 1 is 0.833 bits per heavy atom. The van der Waals surface area contributed by atoms with Crippen molar-refractivity contribution in [1.29, 1.82) is 0 Å². The van der Waals surface area contributed by atoms with Gasteiger partial charge in [0, 0.05) is 0 Å². The van der Waals surface area contributed by atoms with Crippen LogP contribution in [-0.2, 0) is 0 Å². The van der Waals surface area contributed by atoms with Gasteiger partial charge in [-0.3, -0.25) is 0 Å². The molecule has 0 radical (unpaired) electrons. The largest absolute Gasteiger partial charge is 0.344 e. The number of hydrogen-bond acceptors (Lipinski definition) is 1. The van der Waals surface area contributed by atoms with Crippen molar-refractivity contribution in [3.63, 3.8) is 0 Å². The normalized spacial score (nSPS) is 13.0. The molecule has 76 valence electrons. The highest BCUT2D eigenvalue weighted by Crippen LogP contribution is 2.58. The first-order valence-electron chi connectivity index (χ1n) is 4.47. The van der Waals surface area contributed by atoms with E-state index in [0.29, 0.717) is 10.3 Å². The van der Waals surface area contributed by atoms with Crippen LogP contribution in [0, 0.1) is 0 Å². The second-order valence-corrected chi connectivity index (χ2v) is 9.26. The van der Waals surface area contributed by atoms with E-state index < -0.39 is 0 Å². The van der Waals surface area contributed by atoms with E-state index in [4.69, 9.17) is 0 Å². The van der Waals surface area contributed by atoms with Crippen LogP contribution in [0.1, 0.15) is 48.5 Å². The molecule has 0 aliphatic rings. The van der Waals surface area contributed by atoms with Crippen LogP contribution in [0.4, 0.5) is 0 Å². The second-order valence-electron chi connectivity index (χ2n) is 5.09. The summed E-state index contributed by atoms with van der Waals surface area (Å²) in [5, 5.41) is 1.03. The molecule has 2 heteroatoms. The third kappa shape index (κ3) is 4.42. The lowest BCUT2D eigenvalue weighted by atomic mass is 10.2. The third-order valence-corrected chi connectivity index (χ3v) is 5.81. The van der Waals surface area contributed by atoms with Crippen LogP contribution < -0.4 is 6.15 Å². The molecule has 0 atom stereocenters. The summed E-state index contributed by atoms with van der Waals surface area (Å²) < 4.78 is 0. The maximum Gasteiger partial charge on any atom is -0.0175 e. The highest BCUT2D eigenvalue weighted by Gasteiger charge is 2.32. The van der Waals surface area contributed by atoms with Gasteiger partial charge in [-0.2, -0.15) is 0 Å². The SMILES string of the molecule is CCP(C(C)(C)C)C(C)(C)C.N. The first-order chi connectivity index (χ1) is 4.69. The van der Waals surface area contributed by atoms with Crippen LogP contribution >= 0.6 is 7.92 Å². The Balaban J connectivity index is 0. The molecule has 0 rings (SSSR count). The van der Waals surface area contributed by atoms with Crippen LogP contribution in [0.3, 0.4) is 0 Å². The van der Waals surface area contributed by atoms with Crippen molar-refractivity contribution in [2.75, 3.05) is 6.16 Å². The molecule has 0 saturated carbocycles. The summed E-state index contributed by atoms with van der Waals surface area (Å²) in [4.78, 5) is 0. The first kappa shape index (κ1) is 14.9. The average Bonchev–Trinajstić information content (AvgIpc) is 1.56.